The van der Waals surface area contributed by atoms with Gasteiger partial charge in [0.2, 0.25) is 0 Å². The lowest BCUT2D eigenvalue weighted by molar-refractivity contribution is -0.209. The third kappa shape index (κ3) is 2.77. The minimum Gasteiger partial charge on any atom is -0.392 e. The summed E-state index contributed by atoms with van der Waals surface area (Å²) >= 11 is 0. The largest absolute Gasteiger partial charge is 0.392 e. The molecule has 1 aliphatic heterocycles. The van der Waals surface area contributed by atoms with Gasteiger partial charge in [0, 0.05) is 25.0 Å². The second kappa shape index (κ2) is 6.22. The van der Waals surface area contributed by atoms with E-state index in [2.05, 4.69) is 4.90 Å². The van der Waals surface area contributed by atoms with Crippen LogP contribution >= 0.6 is 0 Å². The lowest BCUT2D eigenvalue weighted by atomic mass is 9.58. The maximum absolute atomic E-state index is 13.3. The average molecular weight is 311 g/mol. The van der Waals surface area contributed by atoms with Crippen LogP contribution in [0.25, 0.3) is 0 Å². The Hall–Kier alpha value is -1.04. The van der Waals surface area contributed by atoms with Crippen molar-refractivity contribution in [3.63, 3.8) is 0 Å². The lowest BCUT2D eigenvalue weighted by Crippen LogP contribution is -2.62. The molecule has 1 aromatic carbocycles. The van der Waals surface area contributed by atoms with E-state index in [1.165, 1.54) is 12.1 Å². The van der Waals surface area contributed by atoms with Gasteiger partial charge in [0.05, 0.1) is 12.2 Å². The van der Waals surface area contributed by atoms with Crippen LogP contribution in [0.3, 0.4) is 0 Å². The van der Waals surface area contributed by atoms with Crippen molar-refractivity contribution in [3.05, 3.63) is 35.4 Å². The van der Waals surface area contributed by atoms with E-state index in [0.29, 0.717) is 13.2 Å². The quantitative estimate of drug-likeness (QED) is 0.928. The molecule has 1 spiro atoms. The van der Waals surface area contributed by atoms with E-state index in [4.69, 9.17) is 4.74 Å². The zero-order chi connectivity index (χ0) is 15.7. The molecule has 3 rings (SSSR count). The molecule has 122 valence electrons. The summed E-state index contributed by atoms with van der Waals surface area (Å²) in [6.07, 6.45) is 2.41. The van der Waals surface area contributed by atoms with E-state index in [9.17, 15) is 13.9 Å². The van der Waals surface area contributed by atoms with Gasteiger partial charge in [0.15, 0.2) is 11.6 Å². The van der Waals surface area contributed by atoms with Crippen molar-refractivity contribution in [2.75, 3.05) is 19.7 Å². The molecule has 1 aromatic rings. The summed E-state index contributed by atoms with van der Waals surface area (Å²) in [4.78, 5) is 2.23. The Bertz CT molecular complexity index is 527. The maximum atomic E-state index is 13.3. The van der Waals surface area contributed by atoms with E-state index >= 15 is 0 Å². The average Bonchev–Trinajstić information content (AvgIpc) is 2.52. The lowest BCUT2D eigenvalue weighted by Gasteiger charge is -2.56. The predicted octanol–water partition coefficient (Wildman–Crippen LogP) is 2.72. The molecule has 22 heavy (non-hydrogen) atoms. The predicted molar refractivity (Wildman–Crippen MR) is 79.3 cm³/mol. The number of nitrogens with zero attached hydrogens (tertiary/aromatic N) is 1. The number of likely N-dealkylation sites (tertiary alicyclic amines) is 1. The molecular weight excluding hydrogens is 288 g/mol. The molecule has 1 heterocycles. The summed E-state index contributed by atoms with van der Waals surface area (Å²) in [6.45, 7) is 4.97. The number of piperidine rings is 1. The number of aliphatic hydroxyl groups is 1. The van der Waals surface area contributed by atoms with Crippen molar-refractivity contribution in [1.82, 2.24) is 4.90 Å². The van der Waals surface area contributed by atoms with E-state index in [0.717, 1.165) is 37.9 Å². The minimum absolute atomic E-state index is 0.0967. The third-order valence-corrected chi connectivity index (χ3v) is 5.29. The molecule has 1 N–H and O–H groups in total. The van der Waals surface area contributed by atoms with Crippen LogP contribution in [0.15, 0.2) is 18.2 Å². The first-order valence-electron chi connectivity index (χ1n) is 8.01. The second-order valence-corrected chi connectivity index (χ2v) is 6.45. The fourth-order valence-electron chi connectivity index (χ4n) is 3.84. The van der Waals surface area contributed by atoms with Crippen LogP contribution < -0.4 is 0 Å². The number of ether oxygens (including phenoxy) is 1. The highest BCUT2D eigenvalue weighted by molar-refractivity contribution is 5.18. The molecule has 0 amide bonds. The van der Waals surface area contributed by atoms with Crippen molar-refractivity contribution in [3.8, 4) is 0 Å². The maximum Gasteiger partial charge on any atom is 0.159 e. The molecule has 3 nitrogen and oxygen atoms in total. The van der Waals surface area contributed by atoms with Gasteiger partial charge in [-0.3, -0.25) is 4.90 Å². The molecule has 2 unspecified atom stereocenters. The summed E-state index contributed by atoms with van der Waals surface area (Å²) in [5.41, 5.74) is 0.686. The van der Waals surface area contributed by atoms with Crippen LogP contribution in [0.1, 0.15) is 31.7 Å². The Labute approximate surface area is 129 Å². The van der Waals surface area contributed by atoms with Crippen molar-refractivity contribution in [1.29, 1.82) is 0 Å². The Morgan fingerprint density at radius 2 is 2.00 bits per heavy atom. The standard InChI is InChI=1S/C17H23F2NO2/c1-2-22-16-10-15(21)17(16)5-7-20(8-6-17)11-12-3-4-13(18)14(19)9-12/h3-4,9,15-16,21H,2,5-8,10-11H2,1H3. The summed E-state index contributed by atoms with van der Waals surface area (Å²) in [7, 11) is 0. The SMILES string of the molecule is CCOC1CC(O)C12CCN(Cc1ccc(F)c(F)c1)CC2. The number of benzene rings is 1. The minimum atomic E-state index is -0.807. The third-order valence-electron chi connectivity index (χ3n) is 5.29. The highest BCUT2D eigenvalue weighted by atomic mass is 19.2. The van der Waals surface area contributed by atoms with Crippen LogP contribution in [-0.2, 0) is 11.3 Å². The van der Waals surface area contributed by atoms with Crippen LogP contribution in [0.5, 0.6) is 0 Å². The molecule has 0 bridgehead atoms. The Morgan fingerprint density at radius 1 is 1.27 bits per heavy atom. The number of hydrogen-bond acceptors (Lipinski definition) is 3. The van der Waals surface area contributed by atoms with Crippen molar-refractivity contribution >= 4 is 0 Å². The molecule has 2 fully saturated rings. The molecule has 5 heteroatoms. The highest BCUT2D eigenvalue weighted by Gasteiger charge is 2.55. The van der Waals surface area contributed by atoms with Gasteiger partial charge in [-0.25, -0.2) is 8.78 Å². The molecular formula is C17H23F2NO2. The highest BCUT2D eigenvalue weighted by Crippen LogP contribution is 2.51. The number of aliphatic hydroxyl groups excluding tert-OH is 1. The van der Waals surface area contributed by atoms with Gasteiger partial charge >= 0.3 is 0 Å². The zero-order valence-electron chi connectivity index (χ0n) is 12.9. The van der Waals surface area contributed by atoms with Gasteiger partial charge in [0.1, 0.15) is 0 Å². The Morgan fingerprint density at radius 3 is 2.59 bits per heavy atom. The first kappa shape index (κ1) is 15.8. The normalized spacial score (nSPS) is 27.8. The molecule has 2 aliphatic rings. The fraction of sp³-hybridized carbons (Fsp3) is 0.647. The molecule has 0 aromatic heterocycles. The van der Waals surface area contributed by atoms with Gasteiger partial charge in [-0.1, -0.05) is 6.07 Å². The van der Waals surface area contributed by atoms with E-state index < -0.39 is 11.6 Å². The molecule has 1 aliphatic carbocycles. The van der Waals surface area contributed by atoms with Gasteiger partial charge < -0.3 is 9.84 Å². The van der Waals surface area contributed by atoms with Gasteiger partial charge in [0.25, 0.3) is 0 Å². The molecule has 2 atom stereocenters. The second-order valence-electron chi connectivity index (χ2n) is 6.45. The van der Waals surface area contributed by atoms with Gasteiger partial charge in [-0.05, 0) is 50.6 Å². The number of hydrogen-bond donors (Lipinski definition) is 1. The Kier molecular flexibility index (Phi) is 4.48. The van der Waals surface area contributed by atoms with E-state index in [-0.39, 0.29) is 17.6 Å². The van der Waals surface area contributed by atoms with Gasteiger partial charge in [-0.2, -0.15) is 0 Å². The Balaban J connectivity index is 1.58. The number of halogens is 2. The molecule has 0 radical (unpaired) electrons. The van der Waals surface area contributed by atoms with Crippen LogP contribution in [0.4, 0.5) is 8.78 Å². The first-order chi connectivity index (χ1) is 10.5. The zero-order valence-corrected chi connectivity index (χ0v) is 12.9. The summed E-state index contributed by atoms with van der Waals surface area (Å²) in [5, 5.41) is 10.2. The van der Waals surface area contributed by atoms with E-state index in [1.807, 2.05) is 6.92 Å². The topological polar surface area (TPSA) is 32.7 Å². The van der Waals surface area contributed by atoms with Crippen LogP contribution in [0, 0.1) is 17.0 Å². The van der Waals surface area contributed by atoms with Crippen molar-refractivity contribution < 1.29 is 18.6 Å². The monoisotopic (exact) mass is 311 g/mol. The van der Waals surface area contributed by atoms with Crippen molar-refractivity contribution in [2.45, 2.75) is 44.9 Å². The smallest absolute Gasteiger partial charge is 0.159 e. The van der Waals surface area contributed by atoms with Crippen LogP contribution in [-0.4, -0.2) is 41.9 Å². The number of rotatable bonds is 4. The van der Waals surface area contributed by atoms with E-state index in [1.54, 1.807) is 6.07 Å². The fourth-order valence-corrected chi connectivity index (χ4v) is 3.84. The van der Waals surface area contributed by atoms with Gasteiger partial charge in [-0.15, -0.1) is 0 Å². The van der Waals surface area contributed by atoms with Crippen LogP contribution in [0.2, 0.25) is 0 Å². The summed E-state index contributed by atoms with van der Waals surface area (Å²) < 4.78 is 32.0. The first-order valence-corrected chi connectivity index (χ1v) is 8.01. The summed E-state index contributed by atoms with van der Waals surface area (Å²) in [5.74, 6) is -1.60. The summed E-state index contributed by atoms with van der Waals surface area (Å²) in [6, 6.07) is 4.07. The molecule has 1 saturated heterocycles. The molecule has 1 saturated carbocycles. The van der Waals surface area contributed by atoms with Crippen molar-refractivity contribution in [2.24, 2.45) is 5.41 Å².